The van der Waals surface area contributed by atoms with Crippen LogP contribution in [0.1, 0.15) is 18.9 Å². The van der Waals surface area contributed by atoms with Gasteiger partial charge in [-0.1, -0.05) is 36.7 Å². The van der Waals surface area contributed by atoms with Crippen molar-refractivity contribution in [3.05, 3.63) is 40.9 Å². The van der Waals surface area contributed by atoms with E-state index >= 15 is 0 Å². The fraction of sp³-hybridized carbons (Fsp3) is 0.375. The van der Waals surface area contributed by atoms with E-state index in [4.69, 9.17) is 11.6 Å². The Morgan fingerprint density at radius 3 is 2.65 bits per heavy atom. The van der Waals surface area contributed by atoms with Crippen molar-refractivity contribution < 1.29 is 9.59 Å². The number of hydrogen-bond donors (Lipinski definition) is 0. The normalized spacial score (nSPS) is 28.9. The van der Waals surface area contributed by atoms with Crippen LogP contribution in [0.25, 0.3) is 0 Å². The summed E-state index contributed by atoms with van der Waals surface area (Å²) < 4.78 is 0. The van der Waals surface area contributed by atoms with E-state index in [1.165, 1.54) is 4.90 Å². The number of hydrogen-bond acceptors (Lipinski definition) is 2. The van der Waals surface area contributed by atoms with Crippen molar-refractivity contribution >= 4 is 29.1 Å². The quantitative estimate of drug-likeness (QED) is 0.587. The second kappa shape index (κ2) is 4.74. The molecular weight excluding hydrogens is 274 g/mol. The third-order valence-corrected chi connectivity index (χ3v) is 4.69. The van der Waals surface area contributed by atoms with Crippen molar-refractivity contribution in [3.63, 3.8) is 0 Å². The SMILES string of the molecule is Cc1ccc(N2C(=O)[C@@H]3[C@H](C)C=CC[C@H]3C2=O)cc1Cl. The highest BCUT2D eigenvalue weighted by molar-refractivity contribution is 6.32. The molecule has 4 heteroatoms. The lowest BCUT2D eigenvalue weighted by Gasteiger charge is -2.22. The molecule has 0 unspecified atom stereocenters. The Morgan fingerprint density at radius 2 is 2.00 bits per heavy atom. The number of allylic oxidation sites excluding steroid dienone is 2. The first-order valence-electron chi connectivity index (χ1n) is 6.81. The van der Waals surface area contributed by atoms with Crippen LogP contribution >= 0.6 is 11.6 Å². The molecule has 1 aromatic carbocycles. The molecule has 0 aromatic heterocycles. The lowest BCUT2D eigenvalue weighted by molar-refractivity contribution is -0.122. The second-order valence-corrected chi connectivity index (χ2v) is 6.01. The molecule has 2 aliphatic rings. The number of carbonyl (C=O) groups excluding carboxylic acids is 2. The summed E-state index contributed by atoms with van der Waals surface area (Å²) in [5.74, 6) is -0.542. The molecule has 1 heterocycles. The molecule has 0 radical (unpaired) electrons. The van der Waals surface area contributed by atoms with Crippen LogP contribution in [0.15, 0.2) is 30.4 Å². The molecule has 3 nitrogen and oxygen atoms in total. The number of fused-ring (bicyclic) bond motifs is 1. The van der Waals surface area contributed by atoms with Gasteiger partial charge in [-0.3, -0.25) is 9.59 Å². The van der Waals surface area contributed by atoms with E-state index in [0.29, 0.717) is 17.1 Å². The predicted octanol–water partition coefficient (Wildman–Crippen LogP) is 3.35. The van der Waals surface area contributed by atoms with E-state index in [9.17, 15) is 9.59 Å². The van der Waals surface area contributed by atoms with Gasteiger partial charge in [-0.15, -0.1) is 0 Å². The summed E-state index contributed by atoms with van der Waals surface area (Å²) in [4.78, 5) is 26.4. The topological polar surface area (TPSA) is 37.4 Å². The highest BCUT2D eigenvalue weighted by Gasteiger charge is 2.50. The molecule has 3 rings (SSSR count). The van der Waals surface area contributed by atoms with Crippen molar-refractivity contribution in [2.24, 2.45) is 17.8 Å². The Morgan fingerprint density at radius 1 is 1.25 bits per heavy atom. The van der Waals surface area contributed by atoms with E-state index in [1.807, 2.05) is 32.1 Å². The van der Waals surface area contributed by atoms with E-state index in [-0.39, 0.29) is 29.6 Å². The highest BCUT2D eigenvalue weighted by Crippen LogP contribution is 2.40. The minimum absolute atomic E-state index is 0.100. The Hall–Kier alpha value is -1.61. The van der Waals surface area contributed by atoms with Crippen LogP contribution < -0.4 is 4.90 Å². The predicted molar refractivity (Wildman–Crippen MR) is 78.6 cm³/mol. The highest BCUT2D eigenvalue weighted by atomic mass is 35.5. The minimum atomic E-state index is -0.229. The van der Waals surface area contributed by atoms with Crippen molar-refractivity contribution in [1.29, 1.82) is 0 Å². The maximum absolute atomic E-state index is 12.6. The number of aryl methyl sites for hydroxylation is 1. The number of halogens is 1. The summed E-state index contributed by atoms with van der Waals surface area (Å²) in [6.07, 6.45) is 4.68. The fourth-order valence-corrected chi connectivity index (χ4v) is 3.30. The summed E-state index contributed by atoms with van der Waals surface area (Å²) in [5, 5.41) is 0.573. The zero-order valence-electron chi connectivity index (χ0n) is 11.5. The molecule has 0 N–H and O–H groups in total. The molecule has 1 saturated heterocycles. The summed E-state index contributed by atoms with van der Waals surface area (Å²) in [7, 11) is 0. The number of carbonyl (C=O) groups is 2. The maximum Gasteiger partial charge on any atom is 0.238 e. The average molecular weight is 290 g/mol. The van der Waals surface area contributed by atoms with E-state index in [1.54, 1.807) is 12.1 Å². The Bertz CT molecular complexity index is 623. The maximum atomic E-state index is 12.6. The number of amides is 2. The molecule has 1 aromatic rings. The molecule has 1 aliphatic heterocycles. The first-order chi connectivity index (χ1) is 9.50. The van der Waals surface area contributed by atoms with Crippen LogP contribution in [0.3, 0.4) is 0 Å². The third kappa shape index (κ3) is 1.88. The Labute approximate surface area is 123 Å². The lowest BCUT2D eigenvalue weighted by Crippen LogP contribution is -2.31. The molecular formula is C16H16ClNO2. The van der Waals surface area contributed by atoms with Crippen LogP contribution in [0.4, 0.5) is 5.69 Å². The molecule has 0 spiro atoms. The van der Waals surface area contributed by atoms with Gasteiger partial charge in [-0.25, -0.2) is 4.90 Å². The summed E-state index contributed by atoms with van der Waals surface area (Å²) in [6, 6.07) is 5.32. The van der Waals surface area contributed by atoms with Gasteiger partial charge < -0.3 is 0 Å². The van der Waals surface area contributed by atoms with Crippen molar-refractivity contribution in [3.8, 4) is 0 Å². The smallest absolute Gasteiger partial charge is 0.238 e. The van der Waals surface area contributed by atoms with Gasteiger partial charge in [0.2, 0.25) is 11.8 Å². The molecule has 20 heavy (non-hydrogen) atoms. The fourth-order valence-electron chi connectivity index (χ4n) is 3.12. The monoisotopic (exact) mass is 289 g/mol. The first kappa shape index (κ1) is 13.4. The van der Waals surface area contributed by atoms with Crippen molar-refractivity contribution in [2.45, 2.75) is 20.3 Å². The van der Waals surface area contributed by atoms with Crippen LogP contribution in [0.2, 0.25) is 5.02 Å². The lowest BCUT2D eigenvalue weighted by atomic mass is 9.78. The first-order valence-corrected chi connectivity index (χ1v) is 7.19. The number of nitrogens with zero attached hydrogens (tertiary/aromatic N) is 1. The molecule has 1 fully saturated rings. The second-order valence-electron chi connectivity index (χ2n) is 5.60. The zero-order valence-corrected chi connectivity index (χ0v) is 12.2. The van der Waals surface area contributed by atoms with Crippen LogP contribution in [0, 0.1) is 24.7 Å². The van der Waals surface area contributed by atoms with E-state index in [2.05, 4.69) is 0 Å². The van der Waals surface area contributed by atoms with Crippen molar-refractivity contribution in [1.82, 2.24) is 0 Å². The summed E-state index contributed by atoms with van der Waals surface area (Å²) in [6.45, 7) is 3.88. The van der Waals surface area contributed by atoms with Crippen LogP contribution in [-0.4, -0.2) is 11.8 Å². The van der Waals surface area contributed by atoms with Crippen LogP contribution in [-0.2, 0) is 9.59 Å². The molecule has 104 valence electrons. The van der Waals surface area contributed by atoms with Gasteiger partial charge in [0.25, 0.3) is 0 Å². The molecule has 1 aliphatic carbocycles. The molecule has 0 saturated carbocycles. The summed E-state index contributed by atoms with van der Waals surface area (Å²) >= 11 is 6.11. The van der Waals surface area contributed by atoms with Gasteiger partial charge in [0, 0.05) is 5.02 Å². The number of rotatable bonds is 1. The standard InChI is InChI=1S/C16H16ClNO2/c1-9-6-7-11(8-13(9)17)18-15(19)12-5-3-4-10(2)14(12)16(18)20/h3-4,6-8,10,12,14H,5H2,1-2H3/t10-,12-,14-/m1/s1. The van der Waals surface area contributed by atoms with Gasteiger partial charge in [0.1, 0.15) is 0 Å². The average Bonchev–Trinajstić information content (AvgIpc) is 2.67. The number of benzene rings is 1. The van der Waals surface area contributed by atoms with Gasteiger partial charge in [-0.2, -0.15) is 0 Å². The van der Waals surface area contributed by atoms with Gasteiger partial charge >= 0.3 is 0 Å². The van der Waals surface area contributed by atoms with E-state index < -0.39 is 0 Å². The van der Waals surface area contributed by atoms with Crippen molar-refractivity contribution in [2.75, 3.05) is 4.90 Å². The van der Waals surface area contributed by atoms with Gasteiger partial charge in [0.05, 0.1) is 17.5 Å². The minimum Gasteiger partial charge on any atom is -0.274 e. The number of anilines is 1. The third-order valence-electron chi connectivity index (χ3n) is 4.29. The van der Waals surface area contributed by atoms with Crippen LogP contribution in [0.5, 0.6) is 0 Å². The Balaban J connectivity index is 2.01. The molecule has 3 atom stereocenters. The Kier molecular flexibility index (Phi) is 3.17. The zero-order chi connectivity index (χ0) is 14.4. The number of imide groups is 1. The van der Waals surface area contributed by atoms with Gasteiger partial charge in [0.15, 0.2) is 0 Å². The van der Waals surface area contributed by atoms with E-state index in [0.717, 1.165) is 5.56 Å². The van der Waals surface area contributed by atoms with Gasteiger partial charge in [-0.05, 0) is 37.0 Å². The summed E-state index contributed by atoms with van der Waals surface area (Å²) in [5.41, 5.74) is 1.51. The largest absolute Gasteiger partial charge is 0.274 e. The molecule has 0 bridgehead atoms. The molecule has 2 amide bonds.